The second-order valence-electron chi connectivity index (χ2n) is 8.40. The van der Waals surface area contributed by atoms with Gasteiger partial charge in [0.25, 0.3) is 0 Å². The molecule has 0 aromatic heterocycles. The molecule has 6 nitrogen and oxygen atoms in total. The Morgan fingerprint density at radius 3 is 2.14 bits per heavy atom. The van der Waals surface area contributed by atoms with Crippen LogP contribution >= 0.6 is 0 Å². The Morgan fingerprint density at radius 1 is 0.964 bits per heavy atom. The van der Waals surface area contributed by atoms with Crippen LogP contribution in [0.4, 0.5) is 0 Å². The second kappa shape index (κ2) is 8.42. The zero-order valence-corrected chi connectivity index (χ0v) is 18.5. The lowest BCUT2D eigenvalue weighted by Gasteiger charge is -2.44. The molecule has 1 saturated carbocycles. The fourth-order valence-corrected chi connectivity index (χ4v) is 7.35. The van der Waals surface area contributed by atoms with Gasteiger partial charge in [0.15, 0.2) is 0 Å². The zero-order valence-electron chi connectivity index (χ0n) is 16.9. The van der Waals surface area contributed by atoms with Gasteiger partial charge in [0.05, 0.1) is 9.79 Å². The summed E-state index contributed by atoms with van der Waals surface area (Å²) in [5.41, 5.74) is 0.132. The van der Waals surface area contributed by atoms with Crippen LogP contribution in [0, 0.1) is 5.41 Å². The van der Waals surface area contributed by atoms with Crippen LogP contribution < -0.4 is 4.72 Å². The van der Waals surface area contributed by atoms with Crippen LogP contribution in [0.15, 0.2) is 34.1 Å². The van der Waals surface area contributed by atoms with E-state index in [0.29, 0.717) is 19.5 Å². The number of nitrogens with zero attached hydrogens (tertiary/aromatic N) is 1. The third kappa shape index (κ3) is 4.61. The SMILES string of the molecule is CC[C@@H](C)NS(=O)(=O)c1ccc(S(=O)(=O)N2CCCC3(CCCCC3)C2)cc1. The van der Waals surface area contributed by atoms with Crippen LogP contribution in [0.1, 0.15) is 65.2 Å². The molecule has 1 heterocycles. The summed E-state index contributed by atoms with van der Waals surface area (Å²) in [5, 5.41) is 0. The van der Waals surface area contributed by atoms with E-state index in [1.165, 1.54) is 43.5 Å². The lowest BCUT2D eigenvalue weighted by atomic mass is 9.70. The van der Waals surface area contributed by atoms with E-state index in [2.05, 4.69) is 4.72 Å². The van der Waals surface area contributed by atoms with E-state index in [-0.39, 0.29) is 21.2 Å². The molecule has 1 spiro atoms. The fourth-order valence-electron chi connectivity index (χ4n) is 4.43. The smallest absolute Gasteiger partial charge is 0.208 e. The van der Waals surface area contributed by atoms with Gasteiger partial charge in [0.2, 0.25) is 20.0 Å². The van der Waals surface area contributed by atoms with Crippen LogP contribution in [0.3, 0.4) is 0 Å². The van der Waals surface area contributed by atoms with Gasteiger partial charge in [-0.25, -0.2) is 21.6 Å². The Morgan fingerprint density at radius 2 is 1.54 bits per heavy atom. The van der Waals surface area contributed by atoms with Crippen molar-refractivity contribution in [2.45, 2.75) is 81.0 Å². The van der Waals surface area contributed by atoms with Gasteiger partial charge in [-0.3, -0.25) is 0 Å². The van der Waals surface area contributed by atoms with Gasteiger partial charge in [0, 0.05) is 19.1 Å². The van der Waals surface area contributed by atoms with Gasteiger partial charge in [-0.05, 0) is 68.7 Å². The van der Waals surface area contributed by atoms with E-state index in [4.69, 9.17) is 0 Å². The first-order chi connectivity index (χ1) is 13.2. The molecule has 158 valence electrons. The largest absolute Gasteiger partial charge is 0.243 e. The van der Waals surface area contributed by atoms with Crippen molar-refractivity contribution in [1.29, 1.82) is 0 Å². The van der Waals surface area contributed by atoms with Gasteiger partial charge in [-0.1, -0.05) is 26.2 Å². The Hall–Kier alpha value is -0.960. The van der Waals surface area contributed by atoms with Crippen LogP contribution in [-0.4, -0.2) is 40.3 Å². The lowest BCUT2D eigenvalue weighted by Crippen LogP contribution is -2.46. The number of rotatable bonds is 6. The molecule has 2 aliphatic rings. The summed E-state index contributed by atoms with van der Waals surface area (Å²) in [5.74, 6) is 0. The first kappa shape index (κ1) is 21.7. The monoisotopic (exact) mass is 428 g/mol. The van der Waals surface area contributed by atoms with E-state index in [1.807, 2.05) is 6.92 Å². The quantitative estimate of drug-likeness (QED) is 0.752. The van der Waals surface area contributed by atoms with Crippen LogP contribution in [0.5, 0.6) is 0 Å². The maximum Gasteiger partial charge on any atom is 0.243 e. The highest BCUT2D eigenvalue weighted by atomic mass is 32.2. The topological polar surface area (TPSA) is 83.5 Å². The highest BCUT2D eigenvalue weighted by Crippen LogP contribution is 2.44. The predicted octanol–water partition coefficient (Wildman–Crippen LogP) is 3.50. The molecule has 3 rings (SSSR count). The molecule has 1 atom stereocenters. The predicted molar refractivity (Wildman–Crippen MR) is 110 cm³/mol. The van der Waals surface area contributed by atoms with Crippen molar-refractivity contribution in [3.8, 4) is 0 Å². The molecule has 1 aliphatic heterocycles. The molecule has 0 bridgehead atoms. The van der Waals surface area contributed by atoms with Gasteiger partial charge >= 0.3 is 0 Å². The van der Waals surface area contributed by atoms with Crippen molar-refractivity contribution in [1.82, 2.24) is 9.03 Å². The minimum atomic E-state index is -3.64. The van der Waals surface area contributed by atoms with E-state index in [0.717, 1.165) is 25.7 Å². The molecule has 2 fully saturated rings. The summed E-state index contributed by atoms with van der Waals surface area (Å²) in [6.45, 7) is 4.83. The van der Waals surface area contributed by atoms with Crippen molar-refractivity contribution < 1.29 is 16.8 Å². The van der Waals surface area contributed by atoms with Crippen LogP contribution in [-0.2, 0) is 20.0 Å². The third-order valence-electron chi connectivity index (χ3n) is 6.28. The molecular weight excluding hydrogens is 396 g/mol. The van der Waals surface area contributed by atoms with Gasteiger partial charge in [-0.2, -0.15) is 4.31 Å². The molecule has 1 aromatic carbocycles. The molecule has 1 aromatic rings. The van der Waals surface area contributed by atoms with E-state index < -0.39 is 20.0 Å². The molecular formula is C20H32N2O4S2. The fraction of sp³-hybridized carbons (Fsp3) is 0.700. The van der Waals surface area contributed by atoms with Gasteiger partial charge in [-0.15, -0.1) is 0 Å². The number of nitrogens with one attached hydrogen (secondary N) is 1. The summed E-state index contributed by atoms with van der Waals surface area (Å²) in [6, 6.07) is 5.44. The average molecular weight is 429 g/mol. The molecule has 0 amide bonds. The van der Waals surface area contributed by atoms with Gasteiger partial charge in [0.1, 0.15) is 0 Å². The van der Waals surface area contributed by atoms with Gasteiger partial charge < -0.3 is 0 Å². The molecule has 0 radical (unpaired) electrons. The maximum absolute atomic E-state index is 13.2. The van der Waals surface area contributed by atoms with Crippen molar-refractivity contribution in [2.24, 2.45) is 5.41 Å². The van der Waals surface area contributed by atoms with Crippen LogP contribution in [0.25, 0.3) is 0 Å². The number of benzene rings is 1. The standard InChI is InChI=1S/C20H32N2O4S2/c1-3-17(2)21-27(23,24)18-8-10-19(11-9-18)28(25,26)22-15-7-14-20(16-22)12-5-4-6-13-20/h8-11,17,21H,3-7,12-16H2,1-2H3/t17-/m1/s1. The van der Waals surface area contributed by atoms with Crippen molar-refractivity contribution in [2.75, 3.05) is 13.1 Å². The number of piperidine rings is 1. The Labute approximate surface area is 169 Å². The molecule has 8 heteroatoms. The van der Waals surface area contributed by atoms with E-state index in [9.17, 15) is 16.8 Å². The number of sulfonamides is 2. The Bertz CT molecular complexity index is 868. The van der Waals surface area contributed by atoms with E-state index in [1.54, 1.807) is 11.2 Å². The average Bonchev–Trinajstić information content (AvgIpc) is 2.68. The minimum absolute atomic E-state index is 0.0918. The minimum Gasteiger partial charge on any atom is -0.208 e. The van der Waals surface area contributed by atoms with E-state index >= 15 is 0 Å². The molecule has 0 unspecified atom stereocenters. The first-order valence-corrected chi connectivity index (χ1v) is 13.2. The third-order valence-corrected chi connectivity index (χ3v) is 9.75. The number of hydrogen-bond donors (Lipinski definition) is 1. The van der Waals surface area contributed by atoms with Crippen molar-refractivity contribution in [3.63, 3.8) is 0 Å². The summed E-state index contributed by atoms with van der Waals surface area (Å²) >= 11 is 0. The highest BCUT2D eigenvalue weighted by molar-refractivity contribution is 7.89. The Kier molecular flexibility index (Phi) is 6.54. The maximum atomic E-state index is 13.2. The lowest BCUT2D eigenvalue weighted by molar-refractivity contribution is 0.0965. The molecule has 1 N–H and O–H groups in total. The summed E-state index contributed by atoms with van der Waals surface area (Å²) in [6.07, 6.45) is 8.52. The second-order valence-corrected chi connectivity index (χ2v) is 12.1. The summed E-state index contributed by atoms with van der Waals surface area (Å²) in [4.78, 5) is 0.261. The summed E-state index contributed by atoms with van der Waals surface area (Å²) in [7, 11) is -7.25. The zero-order chi connectivity index (χ0) is 20.4. The highest BCUT2D eigenvalue weighted by Gasteiger charge is 2.40. The molecule has 1 aliphatic carbocycles. The van der Waals surface area contributed by atoms with Crippen molar-refractivity contribution >= 4 is 20.0 Å². The van der Waals surface area contributed by atoms with Crippen LogP contribution in [0.2, 0.25) is 0 Å². The summed E-state index contributed by atoms with van der Waals surface area (Å²) < 4.78 is 55.3. The van der Waals surface area contributed by atoms with Crippen molar-refractivity contribution in [3.05, 3.63) is 24.3 Å². The number of hydrogen-bond acceptors (Lipinski definition) is 4. The normalized spacial score (nSPS) is 22.2. The first-order valence-electron chi connectivity index (χ1n) is 10.3. The molecule has 28 heavy (non-hydrogen) atoms. The molecule has 1 saturated heterocycles. The Balaban J connectivity index is 1.78.